The van der Waals surface area contributed by atoms with Gasteiger partial charge in [0.2, 0.25) is 0 Å². The van der Waals surface area contributed by atoms with Gasteiger partial charge in [0.15, 0.2) is 0 Å². The number of aryl methyl sites for hydroxylation is 1. The number of hydrogen-bond donors (Lipinski definition) is 1. The molecule has 0 unspecified atom stereocenters. The standard InChI is InChI=1S/C17H12F2N4/c1-10-5-13(19)8-14(6-10)23-17(21)15(9-20)16(22-23)11-3-2-4-12(18)7-11/h2-8H,21H2,1H3. The van der Waals surface area contributed by atoms with Crippen LogP contribution in [0.5, 0.6) is 0 Å². The number of hydrogen-bond acceptors (Lipinski definition) is 3. The fourth-order valence-corrected chi connectivity index (χ4v) is 2.42. The van der Waals surface area contributed by atoms with E-state index in [0.29, 0.717) is 16.8 Å². The molecule has 0 saturated heterocycles. The Morgan fingerprint density at radius 2 is 1.91 bits per heavy atom. The van der Waals surface area contributed by atoms with Crippen LogP contribution in [-0.2, 0) is 0 Å². The molecule has 3 rings (SSSR count). The molecule has 114 valence electrons. The molecular formula is C17H12F2N4. The average molecular weight is 310 g/mol. The molecule has 0 atom stereocenters. The molecule has 2 N–H and O–H groups in total. The van der Waals surface area contributed by atoms with Crippen molar-refractivity contribution in [1.29, 1.82) is 5.26 Å². The predicted octanol–water partition coefficient (Wildman–Crippen LogP) is 3.58. The predicted molar refractivity (Wildman–Crippen MR) is 82.8 cm³/mol. The van der Waals surface area contributed by atoms with Crippen LogP contribution in [-0.4, -0.2) is 9.78 Å². The van der Waals surface area contributed by atoms with Crippen LogP contribution in [0.25, 0.3) is 16.9 Å². The number of aromatic nitrogens is 2. The monoisotopic (exact) mass is 310 g/mol. The maximum atomic E-state index is 13.6. The summed E-state index contributed by atoms with van der Waals surface area (Å²) in [6.07, 6.45) is 0. The third-order valence-corrected chi connectivity index (χ3v) is 3.40. The van der Waals surface area contributed by atoms with Crippen LogP contribution in [0.4, 0.5) is 14.6 Å². The zero-order valence-corrected chi connectivity index (χ0v) is 12.2. The van der Waals surface area contributed by atoms with E-state index < -0.39 is 11.6 Å². The maximum absolute atomic E-state index is 13.6. The van der Waals surface area contributed by atoms with Crippen LogP contribution in [0.3, 0.4) is 0 Å². The molecule has 6 heteroatoms. The molecule has 2 aromatic carbocycles. The number of nitrogens with zero attached hydrogens (tertiary/aromatic N) is 3. The van der Waals surface area contributed by atoms with Gasteiger partial charge in [-0.2, -0.15) is 10.4 Å². The normalized spacial score (nSPS) is 10.5. The summed E-state index contributed by atoms with van der Waals surface area (Å²) in [6.45, 7) is 1.74. The molecule has 1 aromatic heterocycles. The second kappa shape index (κ2) is 5.54. The summed E-state index contributed by atoms with van der Waals surface area (Å²) in [5.74, 6) is -0.793. The van der Waals surface area contributed by atoms with Crippen molar-refractivity contribution in [2.45, 2.75) is 6.92 Å². The largest absolute Gasteiger partial charge is 0.382 e. The molecule has 0 aliphatic heterocycles. The van der Waals surface area contributed by atoms with Gasteiger partial charge in [-0.1, -0.05) is 12.1 Å². The van der Waals surface area contributed by atoms with Gasteiger partial charge in [0.05, 0.1) is 5.69 Å². The lowest BCUT2D eigenvalue weighted by atomic mass is 10.1. The zero-order chi connectivity index (χ0) is 16.6. The number of halogens is 2. The molecule has 3 aromatic rings. The van der Waals surface area contributed by atoms with Gasteiger partial charge < -0.3 is 5.73 Å². The van der Waals surface area contributed by atoms with Crippen LogP contribution < -0.4 is 5.73 Å². The highest BCUT2D eigenvalue weighted by Crippen LogP contribution is 2.29. The Labute approximate surface area is 131 Å². The van der Waals surface area contributed by atoms with E-state index in [1.54, 1.807) is 19.1 Å². The van der Waals surface area contributed by atoms with Crippen molar-refractivity contribution < 1.29 is 8.78 Å². The van der Waals surface area contributed by atoms with E-state index in [1.165, 1.54) is 35.0 Å². The Kier molecular flexibility index (Phi) is 3.54. The lowest BCUT2D eigenvalue weighted by Crippen LogP contribution is -2.03. The smallest absolute Gasteiger partial charge is 0.145 e. The van der Waals surface area contributed by atoms with Crippen LogP contribution in [0.15, 0.2) is 42.5 Å². The van der Waals surface area contributed by atoms with Crippen molar-refractivity contribution in [1.82, 2.24) is 9.78 Å². The van der Waals surface area contributed by atoms with Crippen LogP contribution in [0.1, 0.15) is 11.1 Å². The number of nitrogens with two attached hydrogens (primary N) is 1. The number of nitrogen functional groups attached to an aromatic ring is 1. The van der Waals surface area contributed by atoms with Gasteiger partial charge in [-0.05, 0) is 42.8 Å². The molecule has 23 heavy (non-hydrogen) atoms. The first-order valence-electron chi connectivity index (χ1n) is 6.81. The molecule has 0 radical (unpaired) electrons. The van der Waals surface area contributed by atoms with Crippen LogP contribution in [0, 0.1) is 29.9 Å². The van der Waals surface area contributed by atoms with Gasteiger partial charge in [-0.15, -0.1) is 0 Å². The molecule has 4 nitrogen and oxygen atoms in total. The SMILES string of the molecule is Cc1cc(F)cc(-n2nc(-c3cccc(F)c3)c(C#N)c2N)c1. The van der Waals surface area contributed by atoms with Gasteiger partial charge >= 0.3 is 0 Å². The Hall–Kier alpha value is -3.20. The summed E-state index contributed by atoms with van der Waals surface area (Å²) in [5, 5.41) is 13.6. The van der Waals surface area contributed by atoms with Crippen molar-refractivity contribution in [3.05, 3.63) is 65.2 Å². The van der Waals surface area contributed by atoms with E-state index in [1.807, 2.05) is 6.07 Å². The molecule has 1 heterocycles. The summed E-state index contributed by atoms with van der Waals surface area (Å²) >= 11 is 0. The highest BCUT2D eigenvalue weighted by molar-refractivity contribution is 5.73. The van der Waals surface area contributed by atoms with Crippen molar-refractivity contribution in [2.75, 3.05) is 5.73 Å². The third-order valence-electron chi connectivity index (χ3n) is 3.40. The van der Waals surface area contributed by atoms with Gasteiger partial charge in [-0.3, -0.25) is 0 Å². The molecule has 0 fully saturated rings. The van der Waals surface area contributed by atoms with E-state index in [4.69, 9.17) is 5.73 Å². The zero-order valence-electron chi connectivity index (χ0n) is 12.2. The fraction of sp³-hybridized carbons (Fsp3) is 0.0588. The number of anilines is 1. The summed E-state index contributed by atoms with van der Waals surface area (Å²) in [5.41, 5.74) is 7.89. The van der Waals surface area contributed by atoms with E-state index in [2.05, 4.69) is 5.10 Å². The lowest BCUT2D eigenvalue weighted by molar-refractivity contribution is 0.624. The minimum atomic E-state index is -0.443. The minimum absolute atomic E-state index is 0.0803. The summed E-state index contributed by atoms with van der Waals surface area (Å²) < 4.78 is 28.3. The van der Waals surface area contributed by atoms with E-state index in [9.17, 15) is 14.0 Å². The highest BCUT2D eigenvalue weighted by Gasteiger charge is 2.18. The minimum Gasteiger partial charge on any atom is -0.382 e. The number of benzene rings is 2. The Bertz CT molecular complexity index is 918. The van der Waals surface area contributed by atoms with Gasteiger partial charge in [0.25, 0.3) is 0 Å². The third kappa shape index (κ3) is 2.64. The first-order valence-corrected chi connectivity index (χ1v) is 6.81. The first kappa shape index (κ1) is 14.7. The Balaban J connectivity index is 2.23. The summed E-state index contributed by atoms with van der Waals surface area (Å²) in [4.78, 5) is 0. The second-order valence-electron chi connectivity index (χ2n) is 5.13. The molecule has 0 aliphatic carbocycles. The molecular weight excluding hydrogens is 298 g/mol. The van der Waals surface area contributed by atoms with E-state index >= 15 is 0 Å². The van der Waals surface area contributed by atoms with Crippen LogP contribution in [0.2, 0.25) is 0 Å². The van der Waals surface area contributed by atoms with Crippen molar-refractivity contribution >= 4 is 5.82 Å². The van der Waals surface area contributed by atoms with Crippen molar-refractivity contribution in [3.8, 4) is 23.0 Å². The number of nitriles is 1. The lowest BCUT2D eigenvalue weighted by Gasteiger charge is -2.05. The molecule has 0 saturated carbocycles. The topological polar surface area (TPSA) is 67.6 Å². The molecule has 0 amide bonds. The molecule has 0 aliphatic rings. The van der Waals surface area contributed by atoms with Gasteiger partial charge in [0, 0.05) is 5.56 Å². The van der Waals surface area contributed by atoms with Crippen LogP contribution >= 0.6 is 0 Å². The highest BCUT2D eigenvalue weighted by atomic mass is 19.1. The van der Waals surface area contributed by atoms with E-state index in [0.717, 1.165) is 0 Å². The first-order chi connectivity index (χ1) is 11.0. The molecule has 0 spiro atoms. The van der Waals surface area contributed by atoms with Crippen molar-refractivity contribution in [3.63, 3.8) is 0 Å². The Morgan fingerprint density at radius 1 is 1.13 bits per heavy atom. The average Bonchev–Trinajstić information content (AvgIpc) is 2.83. The van der Waals surface area contributed by atoms with E-state index in [-0.39, 0.29) is 17.1 Å². The summed E-state index contributed by atoms with van der Waals surface area (Å²) in [6, 6.07) is 12.0. The van der Waals surface area contributed by atoms with Gasteiger partial charge in [0.1, 0.15) is 34.8 Å². The maximum Gasteiger partial charge on any atom is 0.145 e. The second-order valence-corrected chi connectivity index (χ2v) is 5.13. The fourth-order valence-electron chi connectivity index (χ4n) is 2.42. The Morgan fingerprint density at radius 3 is 2.57 bits per heavy atom. The summed E-state index contributed by atoms with van der Waals surface area (Å²) in [7, 11) is 0. The van der Waals surface area contributed by atoms with Crippen molar-refractivity contribution in [2.24, 2.45) is 0 Å². The quantitative estimate of drug-likeness (QED) is 0.786. The number of rotatable bonds is 2. The van der Waals surface area contributed by atoms with Gasteiger partial charge in [-0.25, -0.2) is 13.5 Å². The molecule has 0 bridgehead atoms.